The van der Waals surface area contributed by atoms with Gasteiger partial charge in [-0.3, -0.25) is 4.31 Å². The van der Waals surface area contributed by atoms with Gasteiger partial charge in [0.2, 0.25) is 0 Å². The SMILES string of the molecule is CNS(=O)(=O)N1c2ccc(N)cc2CC1C. The van der Waals surface area contributed by atoms with Crippen LogP contribution in [-0.4, -0.2) is 21.5 Å². The first-order valence-corrected chi connectivity index (χ1v) is 6.51. The minimum absolute atomic E-state index is 0.0748. The van der Waals surface area contributed by atoms with Gasteiger partial charge in [0.05, 0.1) is 5.69 Å². The van der Waals surface area contributed by atoms with Gasteiger partial charge < -0.3 is 5.73 Å². The van der Waals surface area contributed by atoms with Crippen molar-refractivity contribution in [2.45, 2.75) is 19.4 Å². The van der Waals surface area contributed by atoms with E-state index in [1.54, 1.807) is 12.1 Å². The predicted octanol–water partition coefficient (Wildman–Crippen LogP) is 0.484. The van der Waals surface area contributed by atoms with E-state index in [-0.39, 0.29) is 6.04 Å². The molecule has 1 atom stereocenters. The zero-order valence-electron chi connectivity index (χ0n) is 9.27. The van der Waals surface area contributed by atoms with Crippen LogP contribution >= 0.6 is 0 Å². The number of fused-ring (bicyclic) bond motifs is 1. The average Bonchev–Trinajstić information content (AvgIpc) is 2.53. The zero-order valence-corrected chi connectivity index (χ0v) is 10.1. The van der Waals surface area contributed by atoms with Crippen molar-refractivity contribution >= 4 is 21.6 Å². The normalized spacial score (nSPS) is 19.9. The lowest BCUT2D eigenvalue weighted by Crippen LogP contribution is -2.42. The quantitative estimate of drug-likeness (QED) is 0.740. The fourth-order valence-electron chi connectivity index (χ4n) is 2.09. The summed E-state index contributed by atoms with van der Waals surface area (Å²) in [4.78, 5) is 0. The molecule has 6 heteroatoms. The number of anilines is 2. The molecule has 0 bridgehead atoms. The Morgan fingerprint density at radius 3 is 2.81 bits per heavy atom. The van der Waals surface area contributed by atoms with Crippen molar-refractivity contribution in [1.82, 2.24) is 4.72 Å². The Balaban J connectivity index is 2.53. The maximum atomic E-state index is 11.8. The second kappa shape index (κ2) is 3.64. The molecule has 0 spiro atoms. The molecule has 5 nitrogen and oxygen atoms in total. The molecule has 0 amide bonds. The monoisotopic (exact) mass is 241 g/mol. The lowest BCUT2D eigenvalue weighted by atomic mass is 10.1. The summed E-state index contributed by atoms with van der Waals surface area (Å²) in [6, 6.07) is 5.23. The molecule has 1 aliphatic heterocycles. The number of hydrogen-bond acceptors (Lipinski definition) is 3. The lowest BCUT2D eigenvalue weighted by molar-refractivity contribution is 0.576. The van der Waals surface area contributed by atoms with Crippen LogP contribution in [0.25, 0.3) is 0 Å². The second-order valence-electron chi connectivity index (χ2n) is 3.95. The molecule has 0 aromatic heterocycles. The highest BCUT2D eigenvalue weighted by Gasteiger charge is 2.33. The molecular formula is C10H15N3O2S. The van der Waals surface area contributed by atoms with Crippen molar-refractivity contribution in [3.63, 3.8) is 0 Å². The highest BCUT2D eigenvalue weighted by Crippen LogP contribution is 2.34. The van der Waals surface area contributed by atoms with E-state index in [1.807, 2.05) is 13.0 Å². The first kappa shape index (κ1) is 11.2. The molecular weight excluding hydrogens is 226 g/mol. The Kier molecular flexibility index (Phi) is 2.55. The minimum Gasteiger partial charge on any atom is -0.399 e. The third-order valence-corrected chi connectivity index (χ3v) is 4.36. The Labute approximate surface area is 95.4 Å². The third-order valence-electron chi connectivity index (χ3n) is 2.77. The van der Waals surface area contributed by atoms with Gasteiger partial charge in [-0.15, -0.1) is 0 Å². The first-order valence-electron chi connectivity index (χ1n) is 5.07. The molecule has 1 aliphatic rings. The van der Waals surface area contributed by atoms with E-state index >= 15 is 0 Å². The fraction of sp³-hybridized carbons (Fsp3) is 0.400. The summed E-state index contributed by atoms with van der Waals surface area (Å²) < 4.78 is 27.4. The van der Waals surface area contributed by atoms with Crippen molar-refractivity contribution in [2.24, 2.45) is 0 Å². The van der Waals surface area contributed by atoms with Crippen LogP contribution in [-0.2, 0) is 16.6 Å². The number of hydrogen-bond donors (Lipinski definition) is 2. The van der Waals surface area contributed by atoms with E-state index in [0.717, 1.165) is 11.3 Å². The van der Waals surface area contributed by atoms with Gasteiger partial charge in [-0.05, 0) is 37.1 Å². The molecule has 16 heavy (non-hydrogen) atoms. The van der Waals surface area contributed by atoms with Gasteiger partial charge in [-0.25, -0.2) is 4.72 Å². The lowest BCUT2D eigenvalue weighted by Gasteiger charge is -2.23. The van der Waals surface area contributed by atoms with Crippen LogP contribution < -0.4 is 14.8 Å². The fourth-order valence-corrected chi connectivity index (χ4v) is 3.27. The standard InChI is InChI=1S/C10H15N3O2S/c1-7-5-8-6-9(11)3-4-10(8)13(7)16(14,15)12-2/h3-4,6-7,12H,5,11H2,1-2H3. The van der Waals surface area contributed by atoms with Gasteiger partial charge in [0.15, 0.2) is 0 Å². The van der Waals surface area contributed by atoms with Crippen LogP contribution in [0, 0.1) is 0 Å². The zero-order chi connectivity index (χ0) is 11.9. The highest BCUT2D eigenvalue weighted by molar-refractivity contribution is 7.90. The molecule has 3 N–H and O–H groups in total. The molecule has 0 aliphatic carbocycles. The molecule has 1 unspecified atom stereocenters. The summed E-state index contributed by atoms with van der Waals surface area (Å²) in [5, 5.41) is 0. The summed E-state index contributed by atoms with van der Waals surface area (Å²) in [5.74, 6) is 0. The first-order chi connectivity index (χ1) is 7.45. The van der Waals surface area contributed by atoms with Gasteiger partial charge in [0, 0.05) is 18.8 Å². The van der Waals surface area contributed by atoms with E-state index < -0.39 is 10.2 Å². The Bertz CT molecular complexity index is 513. The number of benzene rings is 1. The van der Waals surface area contributed by atoms with Crippen LogP contribution in [0.5, 0.6) is 0 Å². The Morgan fingerprint density at radius 1 is 1.50 bits per heavy atom. The summed E-state index contributed by atoms with van der Waals surface area (Å²) in [6.07, 6.45) is 0.696. The number of nitrogens with one attached hydrogen (secondary N) is 1. The van der Waals surface area contributed by atoms with Crippen LogP contribution in [0.2, 0.25) is 0 Å². The van der Waals surface area contributed by atoms with Crippen molar-refractivity contribution in [1.29, 1.82) is 0 Å². The molecule has 2 rings (SSSR count). The smallest absolute Gasteiger partial charge is 0.301 e. The topological polar surface area (TPSA) is 75.4 Å². The van der Waals surface area contributed by atoms with Gasteiger partial charge in [0.1, 0.15) is 0 Å². The molecule has 0 fully saturated rings. The van der Waals surface area contributed by atoms with Crippen molar-refractivity contribution < 1.29 is 8.42 Å². The number of nitrogens with two attached hydrogens (primary N) is 1. The second-order valence-corrected chi connectivity index (χ2v) is 5.70. The molecule has 88 valence electrons. The summed E-state index contributed by atoms with van der Waals surface area (Å²) in [5.41, 5.74) is 8.04. The summed E-state index contributed by atoms with van der Waals surface area (Å²) >= 11 is 0. The highest BCUT2D eigenvalue weighted by atomic mass is 32.2. The van der Waals surface area contributed by atoms with E-state index in [2.05, 4.69) is 4.72 Å². The van der Waals surface area contributed by atoms with E-state index in [1.165, 1.54) is 11.4 Å². The molecule has 0 radical (unpaired) electrons. The summed E-state index contributed by atoms with van der Waals surface area (Å²) in [6.45, 7) is 1.88. The maximum Gasteiger partial charge on any atom is 0.301 e. The van der Waals surface area contributed by atoms with Gasteiger partial charge >= 0.3 is 10.2 Å². The van der Waals surface area contributed by atoms with Crippen molar-refractivity contribution in [2.75, 3.05) is 17.1 Å². The Morgan fingerprint density at radius 2 is 2.19 bits per heavy atom. The Hall–Kier alpha value is -1.27. The maximum absolute atomic E-state index is 11.8. The van der Waals surface area contributed by atoms with E-state index in [9.17, 15) is 8.42 Å². The largest absolute Gasteiger partial charge is 0.399 e. The number of nitrogen functional groups attached to an aromatic ring is 1. The third kappa shape index (κ3) is 1.64. The van der Waals surface area contributed by atoms with Gasteiger partial charge in [0.25, 0.3) is 0 Å². The van der Waals surface area contributed by atoms with Crippen LogP contribution in [0.1, 0.15) is 12.5 Å². The van der Waals surface area contributed by atoms with Crippen LogP contribution in [0.3, 0.4) is 0 Å². The number of rotatable bonds is 2. The molecule has 1 heterocycles. The average molecular weight is 241 g/mol. The van der Waals surface area contributed by atoms with Crippen molar-refractivity contribution in [3.8, 4) is 0 Å². The summed E-state index contributed by atoms with van der Waals surface area (Å²) in [7, 11) is -2.02. The molecule has 1 aromatic rings. The minimum atomic E-state index is -3.43. The number of nitrogens with zero attached hydrogens (tertiary/aromatic N) is 1. The van der Waals surface area contributed by atoms with Crippen LogP contribution in [0.15, 0.2) is 18.2 Å². The van der Waals surface area contributed by atoms with Gasteiger partial charge in [-0.1, -0.05) is 0 Å². The van der Waals surface area contributed by atoms with Crippen molar-refractivity contribution in [3.05, 3.63) is 23.8 Å². The molecule has 0 saturated heterocycles. The predicted molar refractivity (Wildman–Crippen MR) is 64.5 cm³/mol. The molecule has 0 saturated carbocycles. The van der Waals surface area contributed by atoms with E-state index in [4.69, 9.17) is 5.73 Å². The van der Waals surface area contributed by atoms with Crippen LogP contribution in [0.4, 0.5) is 11.4 Å². The van der Waals surface area contributed by atoms with E-state index in [0.29, 0.717) is 12.1 Å². The van der Waals surface area contributed by atoms with Gasteiger partial charge in [-0.2, -0.15) is 8.42 Å². The molecule has 1 aromatic carbocycles.